The van der Waals surface area contributed by atoms with Crippen molar-refractivity contribution < 1.29 is 0 Å². The number of thiol groups is 4. The van der Waals surface area contributed by atoms with Crippen LogP contribution in [0.25, 0.3) is 11.1 Å². The zero-order valence-corrected chi connectivity index (χ0v) is 19.8. The van der Waals surface area contributed by atoms with Crippen LogP contribution in [-0.4, -0.2) is 0 Å². The van der Waals surface area contributed by atoms with Gasteiger partial charge in [0.15, 0.2) is 0 Å². The predicted molar refractivity (Wildman–Crippen MR) is 138 cm³/mol. The first-order valence-electron chi connectivity index (χ1n) is 8.85. The van der Waals surface area contributed by atoms with Crippen LogP contribution in [0.5, 0.6) is 0 Å². The summed E-state index contributed by atoms with van der Waals surface area (Å²) in [6.07, 6.45) is 0. The molecule has 0 unspecified atom stereocenters. The van der Waals surface area contributed by atoms with E-state index in [0.29, 0.717) is 0 Å². The molecule has 0 atom stereocenters. The fourth-order valence-electron chi connectivity index (χ4n) is 2.57. The second-order valence-electron chi connectivity index (χ2n) is 6.12. The molecule has 4 aromatic rings. The number of hydrogen-bond donors (Lipinski definition) is 4. The van der Waals surface area contributed by atoms with Gasteiger partial charge in [-0.25, -0.2) is 0 Å². The van der Waals surface area contributed by atoms with E-state index in [9.17, 15) is 0 Å². The van der Waals surface area contributed by atoms with Crippen LogP contribution in [0.15, 0.2) is 126 Å². The Hall–Kier alpha value is -1.37. The molecular formula is C24H20S5. The predicted octanol–water partition coefficient (Wildman–Crippen LogP) is 8.35. The van der Waals surface area contributed by atoms with Gasteiger partial charge in [0.2, 0.25) is 0 Å². The molecule has 0 bridgehead atoms. The molecule has 0 aliphatic carbocycles. The van der Waals surface area contributed by atoms with Gasteiger partial charge in [0.1, 0.15) is 0 Å². The molecule has 0 amide bonds. The van der Waals surface area contributed by atoms with Gasteiger partial charge in [0.05, 0.1) is 0 Å². The molecule has 0 aromatic heterocycles. The van der Waals surface area contributed by atoms with Crippen molar-refractivity contribution in [2.45, 2.75) is 29.4 Å². The van der Waals surface area contributed by atoms with E-state index in [1.165, 1.54) is 9.79 Å². The summed E-state index contributed by atoms with van der Waals surface area (Å²) < 4.78 is 0. The van der Waals surface area contributed by atoms with Crippen LogP contribution >= 0.6 is 62.3 Å². The summed E-state index contributed by atoms with van der Waals surface area (Å²) in [5, 5.41) is 0. The zero-order valence-electron chi connectivity index (χ0n) is 15.4. The molecule has 0 nitrogen and oxygen atoms in total. The maximum atomic E-state index is 4.42. The van der Waals surface area contributed by atoms with Crippen LogP contribution in [0.1, 0.15) is 0 Å². The Balaban J connectivity index is 0.000000166. The lowest BCUT2D eigenvalue weighted by molar-refractivity contribution is 1.32. The van der Waals surface area contributed by atoms with Crippen molar-refractivity contribution in [3.05, 3.63) is 97.1 Å². The largest absolute Gasteiger partial charge is 0.143 e. The Morgan fingerprint density at radius 2 is 0.759 bits per heavy atom. The van der Waals surface area contributed by atoms with E-state index < -0.39 is 0 Å². The van der Waals surface area contributed by atoms with E-state index in [1.807, 2.05) is 60.7 Å². The Morgan fingerprint density at radius 1 is 0.414 bits per heavy atom. The highest BCUT2D eigenvalue weighted by atomic mass is 32.2. The highest BCUT2D eigenvalue weighted by Crippen LogP contribution is 2.31. The van der Waals surface area contributed by atoms with E-state index in [4.69, 9.17) is 0 Å². The lowest BCUT2D eigenvalue weighted by Gasteiger charge is -2.06. The molecule has 0 aliphatic heterocycles. The maximum absolute atomic E-state index is 4.42. The Labute approximate surface area is 198 Å². The molecular weight excluding hydrogens is 449 g/mol. The van der Waals surface area contributed by atoms with E-state index in [1.54, 1.807) is 11.8 Å². The van der Waals surface area contributed by atoms with Gasteiger partial charge in [0.25, 0.3) is 0 Å². The maximum Gasteiger partial charge on any atom is 0.0123 e. The highest BCUT2D eigenvalue weighted by molar-refractivity contribution is 7.99. The molecule has 0 saturated carbocycles. The quantitative estimate of drug-likeness (QED) is 0.219. The normalized spacial score (nSPS) is 10.2. The minimum Gasteiger partial charge on any atom is -0.143 e. The summed E-state index contributed by atoms with van der Waals surface area (Å²) in [6.45, 7) is 0. The summed E-state index contributed by atoms with van der Waals surface area (Å²) in [4.78, 5) is 6.39. The van der Waals surface area contributed by atoms with Gasteiger partial charge in [-0.3, -0.25) is 0 Å². The van der Waals surface area contributed by atoms with Gasteiger partial charge in [-0.2, -0.15) is 0 Å². The van der Waals surface area contributed by atoms with Crippen LogP contribution < -0.4 is 0 Å². The molecule has 0 spiro atoms. The highest BCUT2D eigenvalue weighted by Gasteiger charge is 2.03. The molecule has 0 fully saturated rings. The standard InChI is InChI=1S/C12H10S3.C12H10S2/c13-9-1-5-11(6-2-9)15-12-7-3-10(14)4-8-12;13-11-7-3-1-5-9(11)10-6-2-4-8-12(10)14/h1-8,13-14H;1-8,13-14H. The molecule has 0 N–H and O–H groups in total. The van der Waals surface area contributed by atoms with Gasteiger partial charge in [0, 0.05) is 29.4 Å². The molecule has 146 valence electrons. The minimum absolute atomic E-state index is 0.981. The average Bonchev–Trinajstić information content (AvgIpc) is 2.73. The molecule has 4 aromatic carbocycles. The smallest absolute Gasteiger partial charge is 0.0123 e. The molecule has 29 heavy (non-hydrogen) atoms. The summed E-state index contributed by atoms with van der Waals surface area (Å²) in [5.74, 6) is 0. The zero-order chi connectivity index (χ0) is 20.6. The molecule has 5 heteroatoms. The number of rotatable bonds is 3. The summed E-state index contributed by atoms with van der Waals surface area (Å²) in [7, 11) is 0. The second kappa shape index (κ2) is 11.1. The second-order valence-corrected chi connectivity index (χ2v) is 9.27. The summed E-state index contributed by atoms with van der Waals surface area (Å²) in [5.41, 5.74) is 2.25. The van der Waals surface area contributed by atoms with Crippen LogP contribution in [0.3, 0.4) is 0 Å². The topological polar surface area (TPSA) is 0 Å². The van der Waals surface area contributed by atoms with Gasteiger partial charge in [-0.15, -0.1) is 50.5 Å². The number of benzene rings is 4. The first-order chi connectivity index (χ1) is 14.0. The lowest BCUT2D eigenvalue weighted by Crippen LogP contribution is -1.81. The van der Waals surface area contributed by atoms with Gasteiger partial charge < -0.3 is 0 Å². The first-order valence-corrected chi connectivity index (χ1v) is 11.5. The monoisotopic (exact) mass is 468 g/mol. The lowest BCUT2D eigenvalue weighted by atomic mass is 10.1. The van der Waals surface area contributed by atoms with Crippen molar-refractivity contribution in [2.24, 2.45) is 0 Å². The number of hydrogen-bond acceptors (Lipinski definition) is 5. The van der Waals surface area contributed by atoms with Gasteiger partial charge in [-0.05, 0) is 71.8 Å². The Kier molecular flexibility index (Phi) is 8.57. The molecule has 0 radical (unpaired) electrons. The SMILES string of the molecule is Sc1ccc(Sc2ccc(S)cc2)cc1.Sc1ccccc1-c1ccccc1S. The minimum atomic E-state index is 0.981. The van der Waals surface area contributed by atoms with Crippen LogP contribution in [0.2, 0.25) is 0 Å². The van der Waals surface area contributed by atoms with E-state index in [2.05, 4.69) is 86.9 Å². The average molecular weight is 469 g/mol. The summed E-state index contributed by atoms with van der Waals surface area (Å²) >= 11 is 19.1. The Bertz CT molecular complexity index is 970. The van der Waals surface area contributed by atoms with Crippen molar-refractivity contribution in [2.75, 3.05) is 0 Å². The summed E-state index contributed by atoms with van der Waals surface area (Å²) in [6, 6.07) is 32.3. The van der Waals surface area contributed by atoms with Crippen LogP contribution in [-0.2, 0) is 0 Å². The van der Waals surface area contributed by atoms with E-state index in [-0.39, 0.29) is 0 Å². The van der Waals surface area contributed by atoms with Crippen LogP contribution in [0.4, 0.5) is 0 Å². The van der Waals surface area contributed by atoms with Crippen molar-refractivity contribution in [3.8, 4) is 11.1 Å². The molecule has 0 heterocycles. The van der Waals surface area contributed by atoms with E-state index >= 15 is 0 Å². The third-order valence-corrected chi connectivity index (χ3v) is 6.40. The molecule has 0 aliphatic rings. The van der Waals surface area contributed by atoms with Crippen LogP contribution in [0, 0.1) is 0 Å². The van der Waals surface area contributed by atoms with Gasteiger partial charge >= 0.3 is 0 Å². The Morgan fingerprint density at radius 3 is 1.10 bits per heavy atom. The molecule has 0 saturated heterocycles. The third-order valence-electron chi connectivity index (χ3n) is 4.01. The van der Waals surface area contributed by atoms with Crippen molar-refractivity contribution in [3.63, 3.8) is 0 Å². The van der Waals surface area contributed by atoms with Crippen molar-refractivity contribution >= 4 is 62.3 Å². The molecule has 4 rings (SSSR count). The third kappa shape index (κ3) is 6.83. The van der Waals surface area contributed by atoms with Crippen molar-refractivity contribution in [1.82, 2.24) is 0 Å². The fraction of sp³-hybridized carbons (Fsp3) is 0. The van der Waals surface area contributed by atoms with Crippen molar-refractivity contribution in [1.29, 1.82) is 0 Å². The fourth-order valence-corrected chi connectivity index (χ4v) is 4.24. The van der Waals surface area contributed by atoms with Gasteiger partial charge in [-0.1, -0.05) is 48.2 Å². The van der Waals surface area contributed by atoms with E-state index in [0.717, 1.165) is 30.7 Å². The first kappa shape index (κ1) is 22.3.